The second kappa shape index (κ2) is 8.93. The third kappa shape index (κ3) is 4.93. The fourth-order valence-corrected chi connectivity index (χ4v) is 3.18. The van der Waals surface area contributed by atoms with E-state index in [1.54, 1.807) is 24.3 Å². The molecule has 0 bridgehead atoms. The Morgan fingerprint density at radius 1 is 1.24 bits per heavy atom. The van der Waals surface area contributed by atoms with E-state index in [9.17, 15) is 19.7 Å². The summed E-state index contributed by atoms with van der Waals surface area (Å²) >= 11 is 0.964. The van der Waals surface area contributed by atoms with Crippen molar-refractivity contribution in [3.63, 3.8) is 0 Å². The number of nitro groups is 1. The topological polar surface area (TPSA) is 123 Å². The number of ether oxygens (including phenoxy) is 1. The summed E-state index contributed by atoms with van der Waals surface area (Å²) in [6.45, 7) is 0. The predicted octanol–water partition coefficient (Wildman–Crippen LogP) is 2.87. The molecule has 2 aromatic rings. The molecule has 9 nitrogen and oxygen atoms in total. The summed E-state index contributed by atoms with van der Waals surface area (Å²) < 4.78 is 4.49. The molecule has 1 fully saturated rings. The smallest absolute Gasteiger partial charge is 0.331 e. The van der Waals surface area contributed by atoms with Crippen LogP contribution >= 0.6 is 11.8 Å². The van der Waals surface area contributed by atoms with Gasteiger partial charge in [0.25, 0.3) is 11.6 Å². The molecule has 2 aromatic carbocycles. The minimum atomic E-state index is -0.640. The van der Waals surface area contributed by atoms with Crippen LogP contribution in [-0.4, -0.2) is 35.3 Å². The molecule has 146 valence electrons. The van der Waals surface area contributed by atoms with Crippen molar-refractivity contribution in [1.82, 2.24) is 5.32 Å². The van der Waals surface area contributed by atoms with Gasteiger partial charge in [0, 0.05) is 23.8 Å². The highest BCUT2D eigenvalue weighted by Gasteiger charge is 2.25. The van der Waals surface area contributed by atoms with Crippen LogP contribution in [0.3, 0.4) is 0 Å². The average Bonchev–Trinajstić information content (AvgIpc) is 3.07. The minimum Gasteiger partial charge on any atom is -0.466 e. The van der Waals surface area contributed by atoms with E-state index in [0.29, 0.717) is 11.1 Å². The molecule has 3 rings (SSSR count). The molecule has 29 heavy (non-hydrogen) atoms. The fourth-order valence-electron chi connectivity index (χ4n) is 2.44. The first-order chi connectivity index (χ1) is 14.0. The third-order valence-electron chi connectivity index (χ3n) is 3.78. The van der Waals surface area contributed by atoms with Crippen molar-refractivity contribution in [1.29, 1.82) is 0 Å². The van der Waals surface area contributed by atoms with E-state index in [4.69, 9.17) is 0 Å². The van der Waals surface area contributed by atoms with E-state index in [-0.39, 0.29) is 15.8 Å². The molecule has 0 spiro atoms. The van der Waals surface area contributed by atoms with E-state index in [2.05, 4.69) is 20.3 Å². The summed E-state index contributed by atoms with van der Waals surface area (Å²) in [5.41, 5.74) is 2.09. The van der Waals surface area contributed by atoms with Gasteiger partial charge in [0.1, 0.15) is 0 Å². The Morgan fingerprint density at radius 3 is 2.79 bits per heavy atom. The van der Waals surface area contributed by atoms with Gasteiger partial charge < -0.3 is 4.74 Å². The molecular formula is C19H14N4O5S. The Bertz CT molecular complexity index is 1080. The molecule has 0 radical (unpaired) electrons. The van der Waals surface area contributed by atoms with Gasteiger partial charge in [-0.1, -0.05) is 36.4 Å². The number of benzene rings is 2. The zero-order chi connectivity index (χ0) is 20.8. The Labute approximate surface area is 169 Å². The fraction of sp³-hybridized carbons (Fsp3) is 0.0526. The Balaban J connectivity index is 1.83. The van der Waals surface area contributed by atoms with E-state index < -0.39 is 16.8 Å². The van der Waals surface area contributed by atoms with E-state index >= 15 is 0 Å². The zero-order valence-electron chi connectivity index (χ0n) is 15.1. The first-order valence-corrected chi connectivity index (χ1v) is 9.03. The average molecular weight is 410 g/mol. The first-order valence-electron chi connectivity index (χ1n) is 8.21. The molecule has 1 N–H and O–H groups in total. The Morgan fingerprint density at radius 2 is 2.03 bits per heavy atom. The van der Waals surface area contributed by atoms with E-state index in [1.165, 1.54) is 25.5 Å². The number of methoxy groups -OCH3 is 1. The second-order valence-electron chi connectivity index (χ2n) is 5.63. The SMILES string of the molecule is COC(=O)/C=C1/S/C(=N\N=Cc2ccccc2-c2cccc([N+](=O)[O-])c2)NC1=O. The molecule has 1 aliphatic heterocycles. The minimum absolute atomic E-state index is 0.00974. The molecule has 0 saturated carbocycles. The Kier molecular flexibility index (Phi) is 6.15. The number of nitro benzene ring substituents is 1. The lowest BCUT2D eigenvalue weighted by Crippen LogP contribution is -2.19. The zero-order valence-corrected chi connectivity index (χ0v) is 15.9. The van der Waals surface area contributed by atoms with Gasteiger partial charge in [0.15, 0.2) is 5.17 Å². The van der Waals surface area contributed by atoms with Gasteiger partial charge in [-0.05, 0) is 22.9 Å². The van der Waals surface area contributed by atoms with Crippen molar-refractivity contribution < 1.29 is 19.2 Å². The van der Waals surface area contributed by atoms with Crippen LogP contribution in [-0.2, 0) is 14.3 Å². The van der Waals surface area contributed by atoms with Crippen LogP contribution in [0.15, 0.2) is 69.7 Å². The van der Waals surface area contributed by atoms with E-state index in [0.717, 1.165) is 23.4 Å². The maximum atomic E-state index is 11.8. The van der Waals surface area contributed by atoms with Crippen LogP contribution in [0.1, 0.15) is 5.56 Å². The van der Waals surface area contributed by atoms with Crippen molar-refractivity contribution >= 4 is 40.7 Å². The highest BCUT2D eigenvalue weighted by molar-refractivity contribution is 8.18. The monoisotopic (exact) mass is 410 g/mol. The highest BCUT2D eigenvalue weighted by atomic mass is 32.2. The molecule has 1 saturated heterocycles. The lowest BCUT2D eigenvalue weighted by atomic mass is 10.00. The van der Waals surface area contributed by atoms with Crippen LogP contribution in [0.4, 0.5) is 5.69 Å². The largest absolute Gasteiger partial charge is 0.466 e. The Hall–Kier alpha value is -3.79. The number of carbonyl (C=O) groups excluding carboxylic acids is 2. The second-order valence-corrected chi connectivity index (χ2v) is 6.66. The number of thioether (sulfide) groups is 1. The summed E-state index contributed by atoms with van der Waals surface area (Å²) in [4.78, 5) is 33.8. The number of nitrogens with zero attached hydrogens (tertiary/aromatic N) is 3. The number of hydrogen-bond acceptors (Lipinski definition) is 8. The lowest BCUT2D eigenvalue weighted by molar-refractivity contribution is -0.384. The van der Waals surface area contributed by atoms with Crippen molar-refractivity contribution in [2.24, 2.45) is 10.2 Å². The predicted molar refractivity (Wildman–Crippen MR) is 109 cm³/mol. The van der Waals surface area contributed by atoms with Gasteiger partial charge in [-0.3, -0.25) is 20.2 Å². The summed E-state index contributed by atoms with van der Waals surface area (Å²) in [5, 5.41) is 21.7. The molecular weight excluding hydrogens is 396 g/mol. The van der Waals surface area contributed by atoms with Crippen molar-refractivity contribution in [3.8, 4) is 11.1 Å². The molecule has 0 unspecified atom stereocenters. The highest BCUT2D eigenvalue weighted by Crippen LogP contribution is 2.26. The standard InChI is InChI=1S/C19H14N4O5S/c1-28-17(24)10-16-18(25)21-19(29-16)22-20-11-13-5-2-3-8-15(13)12-6-4-7-14(9-12)23(26)27/h2-11H,1H3,(H,21,22,25)/b16-10+,20-11?. The van der Waals surface area contributed by atoms with Gasteiger partial charge in [-0.25, -0.2) is 4.79 Å². The normalized spacial score (nSPS) is 16.4. The van der Waals surface area contributed by atoms with Crippen LogP contribution in [0, 0.1) is 10.1 Å². The van der Waals surface area contributed by atoms with Crippen LogP contribution in [0.25, 0.3) is 11.1 Å². The summed E-state index contributed by atoms with van der Waals surface area (Å²) in [5.74, 6) is -1.11. The number of amides is 1. The van der Waals surface area contributed by atoms with Gasteiger partial charge in [-0.2, -0.15) is 5.10 Å². The molecule has 10 heteroatoms. The van der Waals surface area contributed by atoms with Gasteiger partial charge >= 0.3 is 5.97 Å². The lowest BCUT2D eigenvalue weighted by Gasteiger charge is -2.05. The van der Waals surface area contributed by atoms with E-state index in [1.807, 2.05) is 12.1 Å². The summed E-state index contributed by atoms with van der Waals surface area (Å²) in [6, 6.07) is 13.5. The number of rotatable bonds is 5. The van der Waals surface area contributed by atoms with Gasteiger partial charge in [0.2, 0.25) is 0 Å². The van der Waals surface area contributed by atoms with Crippen molar-refractivity contribution in [2.75, 3.05) is 7.11 Å². The van der Waals surface area contributed by atoms with Crippen LogP contribution < -0.4 is 5.32 Å². The third-order valence-corrected chi connectivity index (χ3v) is 4.68. The summed E-state index contributed by atoms with van der Waals surface area (Å²) in [6.07, 6.45) is 2.56. The van der Waals surface area contributed by atoms with Gasteiger partial charge in [0.05, 0.1) is 23.2 Å². The number of non-ortho nitro benzene ring substituents is 1. The molecule has 1 aliphatic rings. The van der Waals surface area contributed by atoms with Gasteiger partial charge in [-0.15, -0.1) is 5.10 Å². The number of esters is 1. The maximum Gasteiger partial charge on any atom is 0.331 e. The molecule has 0 atom stereocenters. The first kappa shape index (κ1) is 20.0. The van der Waals surface area contributed by atoms with Crippen molar-refractivity contribution in [3.05, 3.63) is 75.2 Å². The number of nitrogens with one attached hydrogen (secondary N) is 1. The van der Waals surface area contributed by atoms with Crippen LogP contribution in [0.5, 0.6) is 0 Å². The van der Waals surface area contributed by atoms with Crippen LogP contribution in [0.2, 0.25) is 0 Å². The quantitative estimate of drug-likeness (QED) is 0.266. The summed E-state index contributed by atoms with van der Waals surface area (Å²) in [7, 11) is 1.22. The maximum absolute atomic E-state index is 11.8. The number of amidine groups is 1. The molecule has 1 amide bonds. The molecule has 0 aliphatic carbocycles. The number of hydrogen-bond donors (Lipinski definition) is 1. The number of carbonyl (C=O) groups is 2. The van der Waals surface area contributed by atoms with Crippen molar-refractivity contribution in [2.45, 2.75) is 0 Å². The molecule has 1 heterocycles. The molecule has 0 aromatic heterocycles.